The maximum Gasteiger partial charge on any atom is 0.290 e. The largest absolute Gasteiger partial charge is 0.503 e. The Balaban J connectivity index is 1.50. The first-order valence-electron chi connectivity index (χ1n) is 12.1. The molecule has 0 unspecified atom stereocenters. The fourth-order valence-corrected chi connectivity index (χ4v) is 4.93. The number of Topliss-reactive ketones (excluding diaryl/α,β-unsaturated/α-hetero) is 1. The Hall–Kier alpha value is -4.92. The standard InChI is InChI=1S/C29H25N3O6/c1-38-22-10-11-24-23(16-22)20(17-30-24)12-13-31-27(19-8-5-9-21(15-19)32(36)37)26(28(34)29(31)35)25(33)14-18-6-3-2-4-7-18/h2-11,15-17,27,30,34H,12-14H2,1H3/t27-/m0/s1. The monoisotopic (exact) mass is 511 g/mol. The van der Waals surface area contributed by atoms with E-state index in [0.29, 0.717) is 17.7 Å². The summed E-state index contributed by atoms with van der Waals surface area (Å²) in [5.41, 5.74) is 2.72. The Bertz CT molecular complexity index is 1570. The van der Waals surface area contributed by atoms with Crippen LogP contribution in [0.15, 0.2) is 90.3 Å². The number of ether oxygens (including phenoxy) is 1. The van der Waals surface area contributed by atoms with Crippen LogP contribution in [0.25, 0.3) is 10.9 Å². The summed E-state index contributed by atoms with van der Waals surface area (Å²) in [5, 5.41) is 23.3. The molecule has 0 aliphatic carbocycles. The molecule has 0 fully saturated rings. The van der Waals surface area contributed by atoms with Crippen LogP contribution in [0.1, 0.15) is 22.7 Å². The number of benzene rings is 3. The lowest BCUT2D eigenvalue weighted by molar-refractivity contribution is -0.384. The number of fused-ring (bicyclic) bond motifs is 1. The number of hydrogen-bond donors (Lipinski definition) is 2. The normalized spacial score (nSPS) is 15.3. The fraction of sp³-hybridized carbons (Fsp3) is 0.172. The molecule has 0 spiro atoms. The van der Waals surface area contributed by atoms with E-state index in [9.17, 15) is 24.8 Å². The number of nitrogens with one attached hydrogen (secondary N) is 1. The van der Waals surface area contributed by atoms with Crippen molar-refractivity contribution >= 4 is 28.3 Å². The van der Waals surface area contributed by atoms with Crippen molar-refractivity contribution in [2.24, 2.45) is 0 Å². The molecule has 192 valence electrons. The first-order chi connectivity index (χ1) is 18.4. The summed E-state index contributed by atoms with van der Waals surface area (Å²) in [5.74, 6) is -1.03. The number of amides is 1. The second-order valence-corrected chi connectivity index (χ2v) is 9.08. The minimum Gasteiger partial charge on any atom is -0.503 e. The van der Waals surface area contributed by atoms with Crippen molar-refractivity contribution in [2.45, 2.75) is 18.9 Å². The van der Waals surface area contributed by atoms with E-state index >= 15 is 0 Å². The number of carbonyl (C=O) groups excluding carboxylic acids is 2. The number of methoxy groups -OCH3 is 1. The number of nitrogens with zero attached hydrogens (tertiary/aromatic N) is 2. The predicted molar refractivity (Wildman–Crippen MR) is 141 cm³/mol. The van der Waals surface area contributed by atoms with Gasteiger partial charge in [-0.2, -0.15) is 0 Å². The number of aromatic amines is 1. The molecule has 9 nitrogen and oxygen atoms in total. The van der Waals surface area contributed by atoms with Gasteiger partial charge in [-0.25, -0.2) is 0 Å². The molecule has 4 aromatic rings. The minimum absolute atomic E-state index is 0.0188. The lowest BCUT2D eigenvalue weighted by Gasteiger charge is -2.27. The SMILES string of the molecule is COc1ccc2[nH]cc(CCN3C(=O)C(O)=C(C(=O)Cc4ccccc4)[C@@H]3c3cccc([N+](=O)[O-])c3)c2c1. The van der Waals surface area contributed by atoms with E-state index in [1.165, 1.54) is 23.1 Å². The molecule has 1 atom stereocenters. The maximum atomic E-state index is 13.4. The lowest BCUT2D eigenvalue weighted by atomic mass is 9.92. The number of hydrogen-bond acceptors (Lipinski definition) is 6. The van der Waals surface area contributed by atoms with Crippen LogP contribution < -0.4 is 4.74 Å². The quantitative estimate of drug-likeness (QED) is 0.245. The third kappa shape index (κ3) is 4.61. The average Bonchev–Trinajstić information content (AvgIpc) is 3.45. The number of H-pyrrole nitrogens is 1. The molecule has 1 aliphatic heterocycles. The highest BCUT2D eigenvalue weighted by Gasteiger charge is 2.43. The zero-order chi connectivity index (χ0) is 26.8. The number of aliphatic hydroxyl groups is 1. The van der Waals surface area contributed by atoms with Crippen LogP contribution in [0.4, 0.5) is 5.69 Å². The maximum absolute atomic E-state index is 13.4. The van der Waals surface area contributed by atoms with Gasteiger partial charge >= 0.3 is 0 Å². The van der Waals surface area contributed by atoms with Gasteiger partial charge < -0.3 is 19.7 Å². The number of rotatable bonds is 9. The van der Waals surface area contributed by atoms with Crippen molar-refractivity contribution in [3.05, 3.63) is 117 Å². The molecule has 0 radical (unpaired) electrons. The van der Waals surface area contributed by atoms with Crippen molar-refractivity contribution in [1.29, 1.82) is 0 Å². The molecule has 38 heavy (non-hydrogen) atoms. The molecule has 1 amide bonds. The Kier molecular flexibility index (Phi) is 6.66. The third-order valence-corrected chi connectivity index (χ3v) is 6.80. The molecule has 1 aromatic heterocycles. The number of non-ortho nitro benzene ring substituents is 1. The molecule has 2 N–H and O–H groups in total. The van der Waals surface area contributed by atoms with E-state index in [2.05, 4.69) is 4.98 Å². The summed E-state index contributed by atoms with van der Waals surface area (Å²) in [6, 6.07) is 19.5. The van der Waals surface area contributed by atoms with Gasteiger partial charge in [0, 0.05) is 42.2 Å². The first kappa shape index (κ1) is 24.8. The van der Waals surface area contributed by atoms with Gasteiger partial charge in [0.15, 0.2) is 11.5 Å². The summed E-state index contributed by atoms with van der Waals surface area (Å²) in [6.45, 7) is 0.169. The number of nitro benzene ring substituents is 1. The Morgan fingerprint density at radius 1 is 1.11 bits per heavy atom. The van der Waals surface area contributed by atoms with Crippen molar-refractivity contribution < 1.29 is 24.4 Å². The van der Waals surface area contributed by atoms with Gasteiger partial charge in [-0.1, -0.05) is 42.5 Å². The summed E-state index contributed by atoms with van der Waals surface area (Å²) >= 11 is 0. The van der Waals surface area contributed by atoms with Gasteiger partial charge in [0.25, 0.3) is 11.6 Å². The molecule has 2 heterocycles. The zero-order valence-electron chi connectivity index (χ0n) is 20.6. The van der Waals surface area contributed by atoms with Crippen molar-refractivity contribution in [3.8, 4) is 5.75 Å². The second kappa shape index (κ2) is 10.2. The van der Waals surface area contributed by atoms with Gasteiger partial charge in [0.2, 0.25) is 0 Å². The summed E-state index contributed by atoms with van der Waals surface area (Å²) in [4.78, 5) is 42.3. The van der Waals surface area contributed by atoms with Crippen LogP contribution in [-0.4, -0.2) is 45.3 Å². The van der Waals surface area contributed by atoms with E-state index in [1.807, 2.05) is 30.5 Å². The van der Waals surface area contributed by atoms with Crippen LogP contribution >= 0.6 is 0 Å². The van der Waals surface area contributed by atoms with Crippen LogP contribution in [0.3, 0.4) is 0 Å². The number of nitro groups is 1. The van der Waals surface area contributed by atoms with E-state index in [1.54, 1.807) is 37.4 Å². The van der Waals surface area contributed by atoms with Crippen LogP contribution in [0.2, 0.25) is 0 Å². The predicted octanol–water partition coefficient (Wildman–Crippen LogP) is 4.83. The average molecular weight is 512 g/mol. The van der Waals surface area contributed by atoms with Gasteiger partial charge in [-0.05, 0) is 41.3 Å². The highest BCUT2D eigenvalue weighted by Crippen LogP contribution is 2.39. The molecule has 0 saturated heterocycles. The summed E-state index contributed by atoms with van der Waals surface area (Å²) in [6.07, 6.45) is 2.24. The van der Waals surface area contributed by atoms with Crippen LogP contribution in [0, 0.1) is 10.1 Å². The van der Waals surface area contributed by atoms with Crippen LogP contribution in [0.5, 0.6) is 5.75 Å². The number of aromatic nitrogens is 1. The molecular weight excluding hydrogens is 486 g/mol. The number of aliphatic hydroxyl groups excluding tert-OH is 1. The molecule has 3 aromatic carbocycles. The summed E-state index contributed by atoms with van der Waals surface area (Å²) < 4.78 is 5.34. The highest BCUT2D eigenvalue weighted by molar-refractivity contribution is 6.09. The second-order valence-electron chi connectivity index (χ2n) is 9.08. The third-order valence-electron chi connectivity index (χ3n) is 6.80. The molecule has 0 bridgehead atoms. The molecular formula is C29H25N3O6. The number of carbonyl (C=O) groups is 2. The Morgan fingerprint density at radius 2 is 1.89 bits per heavy atom. The topological polar surface area (TPSA) is 126 Å². The minimum atomic E-state index is -0.960. The smallest absolute Gasteiger partial charge is 0.290 e. The lowest BCUT2D eigenvalue weighted by Crippen LogP contribution is -2.33. The molecule has 5 rings (SSSR count). The first-order valence-corrected chi connectivity index (χ1v) is 12.1. The van der Waals surface area contributed by atoms with Gasteiger partial charge in [-0.3, -0.25) is 19.7 Å². The Morgan fingerprint density at radius 3 is 2.63 bits per heavy atom. The molecule has 9 heteroatoms. The van der Waals surface area contributed by atoms with Gasteiger partial charge in [-0.15, -0.1) is 0 Å². The highest BCUT2D eigenvalue weighted by atomic mass is 16.6. The van der Waals surface area contributed by atoms with E-state index < -0.39 is 28.4 Å². The summed E-state index contributed by atoms with van der Waals surface area (Å²) in [7, 11) is 1.59. The van der Waals surface area contributed by atoms with Crippen molar-refractivity contribution in [1.82, 2.24) is 9.88 Å². The zero-order valence-corrected chi connectivity index (χ0v) is 20.6. The number of ketones is 1. The van der Waals surface area contributed by atoms with Gasteiger partial charge in [0.1, 0.15) is 5.75 Å². The van der Waals surface area contributed by atoms with E-state index in [-0.39, 0.29) is 24.2 Å². The molecule has 1 aliphatic rings. The van der Waals surface area contributed by atoms with Crippen molar-refractivity contribution in [2.75, 3.05) is 13.7 Å². The van der Waals surface area contributed by atoms with E-state index in [4.69, 9.17) is 4.74 Å². The van der Waals surface area contributed by atoms with Crippen molar-refractivity contribution in [3.63, 3.8) is 0 Å². The van der Waals surface area contributed by atoms with E-state index in [0.717, 1.165) is 22.0 Å². The van der Waals surface area contributed by atoms with Crippen LogP contribution in [-0.2, 0) is 22.4 Å². The fourth-order valence-electron chi connectivity index (χ4n) is 4.93. The Labute approximate surface area is 218 Å². The van der Waals surface area contributed by atoms with Gasteiger partial charge in [0.05, 0.1) is 23.6 Å². The molecule has 0 saturated carbocycles.